The maximum atomic E-state index is 12.5. The number of sulfonamides is 1. The van der Waals surface area contributed by atoms with E-state index in [4.69, 9.17) is 11.6 Å². The average Bonchev–Trinajstić information content (AvgIpc) is 2.62. The Balaban J connectivity index is 2.06. The number of carbonyl (C=O) groups is 1. The lowest BCUT2D eigenvalue weighted by atomic mass is 10.0. The van der Waals surface area contributed by atoms with Gasteiger partial charge in [0.05, 0.1) is 24.7 Å². The number of hydrogen-bond acceptors (Lipinski definition) is 3. The molecule has 3 N–H and O–H groups in total. The highest BCUT2D eigenvalue weighted by Gasteiger charge is 2.24. The molecule has 6 nitrogen and oxygen atoms in total. The lowest BCUT2D eigenvalue weighted by Gasteiger charge is -2.29. The predicted molar refractivity (Wildman–Crippen MR) is 103 cm³/mol. The highest BCUT2D eigenvalue weighted by atomic mass is 35.5. The Kier molecular flexibility index (Phi) is 7.64. The Morgan fingerprint density at radius 1 is 1.38 bits per heavy atom. The van der Waals surface area contributed by atoms with Crippen molar-refractivity contribution < 1.29 is 18.1 Å². The number of halogens is 1. The zero-order valence-electron chi connectivity index (χ0n) is 15.1. The summed E-state index contributed by atoms with van der Waals surface area (Å²) in [5.74, 6) is -0.272. The van der Waals surface area contributed by atoms with Gasteiger partial charge in [-0.1, -0.05) is 24.6 Å². The van der Waals surface area contributed by atoms with Crippen LogP contribution in [0, 0.1) is 0 Å². The number of hydrogen-bond donors (Lipinski definition) is 3. The molecule has 1 aromatic carbocycles. The van der Waals surface area contributed by atoms with Gasteiger partial charge in [0.1, 0.15) is 4.90 Å². The van der Waals surface area contributed by atoms with E-state index < -0.39 is 10.0 Å². The minimum Gasteiger partial charge on any atom is -0.349 e. The van der Waals surface area contributed by atoms with Crippen LogP contribution in [0.4, 0.5) is 0 Å². The van der Waals surface area contributed by atoms with Crippen LogP contribution >= 0.6 is 11.6 Å². The number of quaternary nitrogens is 1. The molecule has 1 amide bonds. The van der Waals surface area contributed by atoms with Gasteiger partial charge < -0.3 is 10.2 Å². The van der Waals surface area contributed by atoms with E-state index in [2.05, 4.69) is 23.5 Å². The zero-order chi connectivity index (χ0) is 19.2. The molecule has 1 aliphatic rings. The van der Waals surface area contributed by atoms with E-state index in [1.807, 2.05) is 0 Å². The Hall–Kier alpha value is -1.41. The van der Waals surface area contributed by atoms with Crippen molar-refractivity contribution in [2.45, 2.75) is 37.1 Å². The predicted octanol–water partition coefficient (Wildman–Crippen LogP) is 0.991. The van der Waals surface area contributed by atoms with Gasteiger partial charge in [0.25, 0.3) is 5.91 Å². The van der Waals surface area contributed by atoms with E-state index in [1.165, 1.54) is 18.2 Å². The van der Waals surface area contributed by atoms with Crippen molar-refractivity contribution in [2.24, 2.45) is 0 Å². The Morgan fingerprint density at radius 2 is 2.08 bits per heavy atom. The molecule has 26 heavy (non-hydrogen) atoms. The molecule has 1 fully saturated rings. The summed E-state index contributed by atoms with van der Waals surface area (Å²) in [4.78, 5) is 14.0. The molecular formula is C18H27ClN3O3S+. The summed E-state index contributed by atoms with van der Waals surface area (Å²) in [6.07, 6.45) is 4.46. The molecule has 0 unspecified atom stereocenters. The largest absolute Gasteiger partial charge is 0.349 e. The zero-order valence-corrected chi connectivity index (χ0v) is 16.6. The number of benzene rings is 1. The third-order valence-corrected chi connectivity index (χ3v) is 6.44. The van der Waals surface area contributed by atoms with Crippen LogP contribution in [0.3, 0.4) is 0 Å². The van der Waals surface area contributed by atoms with Crippen molar-refractivity contribution in [3.63, 3.8) is 0 Å². The fourth-order valence-corrected chi connectivity index (χ4v) is 4.66. The van der Waals surface area contributed by atoms with E-state index in [0.717, 1.165) is 38.9 Å². The lowest BCUT2D eigenvalue weighted by Crippen LogP contribution is -3.13. The number of amides is 1. The molecule has 1 saturated heterocycles. The molecule has 1 aliphatic heterocycles. The monoisotopic (exact) mass is 400 g/mol. The smallest absolute Gasteiger partial charge is 0.251 e. The van der Waals surface area contributed by atoms with Crippen LogP contribution in [0.15, 0.2) is 35.7 Å². The van der Waals surface area contributed by atoms with E-state index >= 15 is 0 Å². The van der Waals surface area contributed by atoms with Crippen molar-refractivity contribution in [1.29, 1.82) is 0 Å². The summed E-state index contributed by atoms with van der Waals surface area (Å²) in [6, 6.07) is 4.42. The lowest BCUT2D eigenvalue weighted by molar-refractivity contribution is -0.905. The molecule has 0 atom stereocenters. The average molecular weight is 401 g/mol. The van der Waals surface area contributed by atoms with E-state index in [1.54, 1.807) is 11.0 Å². The quantitative estimate of drug-likeness (QED) is 0.569. The minimum atomic E-state index is -3.79. The maximum Gasteiger partial charge on any atom is 0.251 e. The molecule has 0 saturated carbocycles. The first-order valence-electron chi connectivity index (χ1n) is 8.92. The molecule has 0 spiro atoms. The number of carbonyl (C=O) groups excluding carboxylic acids is 1. The second kappa shape index (κ2) is 9.50. The highest BCUT2D eigenvalue weighted by molar-refractivity contribution is 7.89. The Labute approximate surface area is 160 Å². The number of rotatable bonds is 8. The summed E-state index contributed by atoms with van der Waals surface area (Å²) >= 11 is 6.02. The van der Waals surface area contributed by atoms with Crippen LogP contribution in [0.25, 0.3) is 0 Å². The second-order valence-electron chi connectivity index (χ2n) is 6.53. The fourth-order valence-electron chi connectivity index (χ4n) is 3.14. The highest BCUT2D eigenvalue weighted by Crippen LogP contribution is 2.22. The molecule has 8 heteroatoms. The molecule has 0 radical (unpaired) electrons. The van der Waals surface area contributed by atoms with Crippen molar-refractivity contribution in [3.8, 4) is 0 Å². The molecule has 0 bridgehead atoms. The summed E-state index contributed by atoms with van der Waals surface area (Å²) in [6.45, 7) is 9.01. The molecule has 2 rings (SSSR count). The normalized spacial score (nSPS) is 20.5. The summed E-state index contributed by atoms with van der Waals surface area (Å²) < 4.78 is 27.0. The first-order chi connectivity index (χ1) is 12.4. The summed E-state index contributed by atoms with van der Waals surface area (Å²) in [7, 11) is -3.79. The van der Waals surface area contributed by atoms with E-state index in [9.17, 15) is 13.2 Å². The van der Waals surface area contributed by atoms with Gasteiger partial charge in [-0.3, -0.25) is 4.79 Å². The van der Waals surface area contributed by atoms with Gasteiger partial charge in [0, 0.05) is 31.0 Å². The third-order valence-electron chi connectivity index (χ3n) is 4.53. The number of piperidine rings is 1. The molecule has 144 valence electrons. The van der Waals surface area contributed by atoms with Gasteiger partial charge in [-0.15, -0.1) is 6.58 Å². The van der Waals surface area contributed by atoms with Crippen LogP contribution in [0.2, 0.25) is 5.02 Å². The van der Waals surface area contributed by atoms with Crippen LogP contribution in [-0.4, -0.2) is 46.5 Å². The number of nitrogens with one attached hydrogen (secondary N) is 3. The standard InChI is InChI=1S/C18H26ClN3O3S/c1-3-9-20-26(24,25)17-13-14(5-6-16(17)19)18(23)21-15-7-11-22(10-4-2)12-8-15/h3,5-6,13,15,20H,1,4,7-12H2,2H3,(H,21,23)/p+1. The van der Waals surface area contributed by atoms with Gasteiger partial charge in [-0.25, -0.2) is 13.1 Å². The Morgan fingerprint density at radius 3 is 2.69 bits per heavy atom. The van der Waals surface area contributed by atoms with Crippen LogP contribution in [-0.2, 0) is 10.0 Å². The van der Waals surface area contributed by atoms with Gasteiger partial charge in [0.15, 0.2) is 0 Å². The van der Waals surface area contributed by atoms with E-state index in [0.29, 0.717) is 0 Å². The number of likely N-dealkylation sites (tertiary alicyclic amines) is 1. The van der Waals surface area contributed by atoms with Gasteiger partial charge in [-0.2, -0.15) is 0 Å². The van der Waals surface area contributed by atoms with E-state index in [-0.39, 0.29) is 34.0 Å². The van der Waals surface area contributed by atoms with Gasteiger partial charge in [-0.05, 0) is 24.6 Å². The van der Waals surface area contributed by atoms with Crippen molar-refractivity contribution >= 4 is 27.5 Å². The third kappa shape index (κ3) is 5.54. The van der Waals surface area contributed by atoms with Gasteiger partial charge >= 0.3 is 0 Å². The first-order valence-corrected chi connectivity index (χ1v) is 10.8. The van der Waals surface area contributed by atoms with Crippen molar-refractivity contribution in [3.05, 3.63) is 41.4 Å². The van der Waals surface area contributed by atoms with Gasteiger partial charge in [0.2, 0.25) is 10.0 Å². The molecule has 1 heterocycles. The van der Waals surface area contributed by atoms with Crippen molar-refractivity contribution in [2.75, 3.05) is 26.2 Å². The van der Waals surface area contributed by atoms with Crippen molar-refractivity contribution in [1.82, 2.24) is 10.0 Å². The maximum absolute atomic E-state index is 12.5. The summed E-state index contributed by atoms with van der Waals surface area (Å²) in [5.41, 5.74) is 0.289. The summed E-state index contributed by atoms with van der Waals surface area (Å²) in [5, 5.41) is 3.09. The van der Waals surface area contributed by atoms with Crippen LogP contribution in [0.5, 0.6) is 0 Å². The second-order valence-corrected chi connectivity index (χ2v) is 8.68. The van der Waals surface area contributed by atoms with Crippen LogP contribution < -0.4 is 14.9 Å². The molecule has 0 aliphatic carbocycles. The fraction of sp³-hybridized carbons (Fsp3) is 0.500. The Bertz CT molecular complexity index is 744. The first kappa shape index (κ1) is 20.9. The SMILES string of the molecule is C=CCNS(=O)(=O)c1cc(C(=O)NC2CC[NH+](CCC)CC2)ccc1Cl. The molecular weight excluding hydrogens is 374 g/mol. The molecule has 1 aromatic rings. The minimum absolute atomic E-state index is 0.0783. The molecule has 0 aromatic heterocycles. The topological polar surface area (TPSA) is 79.7 Å². The van der Waals surface area contributed by atoms with Crippen LogP contribution in [0.1, 0.15) is 36.5 Å².